The Kier molecular flexibility index (Phi) is 8.24. The van der Waals surface area contributed by atoms with Gasteiger partial charge in [-0.3, -0.25) is 9.69 Å². The van der Waals surface area contributed by atoms with E-state index in [2.05, 4.69) is 35.0 Å². The van der Waals surface area contributed by atoms with Crippen molar-refractivity contribution in [3.63, 3.8) is 0 Å². The fourth-order valence-corrected chi connectivity index (χ4v) is 5.37. The molecule has 1 heterocycles. The van der Waals surface area contributed by atoms with Crippen LogP contribution in [-0.2, 0) is 11.4 Å². The molecule has 1 aliphatic rings. The van der Waals surface area contributed by atoms with Gasteiger partial charge in [0.15, 0.2) is 5.17 Å². The van der Waals surface area contributed by atoms with E-state index >= 15 is 0 Å². The second-order valence-corrected chi connectivity index (χ2v) is 11.4. The van der Waals surface area contributed by atoms with Crippen molar-refractivity contribution in [1.82, 2.24) is 0 Å². The second kappa shape index (κ2) is 11.8. The lowest BCUT2D eigenvalue weighted by atomic mass is 10.1. The number of carbonyl (C=O) groups excluding carboxylic acids is 1. The van der Waals surface area contributed by atoms with Gasteiger partial charge in [-0.05, 0) is 97.1 Å². The third kappa shape index (κ3) is 6.33. The average Bonchev–Trinajstić information content (AvgIpc) is 3.20. The van der Waals surface area contributed by atoms with Gasteiger partial charge in [0.2, 0.25) is 0 Å². The Morgan fingerprint density at radius 1 is 0.921 bits per heavy atom. The molecule has 0 aliphatic carbocycles. The highest BCUT2D eigenvalue weighted by atomic mass is 79.9. The number of ether oxygens (including phenoxy) is 1. The standard InChI is InChI=1S/C30H21BrCl2N2O2S/c1-19-2-4-20(5-3-19)18-37-27-15-6-22(31)16-21(27)17-28-29(36)35(26-13-9-24(33)10-14-26)30(38-28)34-25-11-7-23(32)8-12-25/h2-17H,18H2,1H3/b28-17-,34-30?. The fourth-order valence-electron chi connectivity index (χ4n) is 3.74. The van der Waals surface area contributed by atoms with Crippen LogP contribution in [0.4, 0.5) is 11.4 Å². The minimum Gasteiger partial charge on any atom is -0.488 e. The van der Waals surface area contributed by atoms with Crippen LogP contribution in [0.3, 0.4) is 0 Å². The van der Waals surface area contributed by atoms with Gasteiger partial charge >= 0.3 is 0 Å². The smallest absolute Gasteiger partial charge is 0.271 e. The Morgan fingerprint density at radius 2 is 1.58 bits per heavy atom. The largest absolute Gasteiger partial charge is 0.488 e. The zero-order valence-electron chi connectivity index (χ0n) is 20.2. The molecule has 4 nitrogen and oxygen atoms in total. The van der Waals surface area contributed by atoms with E-state index in [1.54, 1.807) is 41.3 Å². The first-order valence-electron chi connectivity index (χ1n) is 11.7. The monoisotopic (exact) mass is 622 g/mol. The summed E-state index contributed by atoms with van der Waals surface area (Å²) in [6.07, 6.45) is 1.84. The van der Waals surface area contributed by atoms with Gasteiger partial charge in [0.1, 0.15) is 12.4 Å². The number of hydrogen-bond acceptors (Lipinski definition) is 4. The van der Waals surface area contributed by atoms with Crippen LogP contribution >= 0.6 is 50.9 Å². The summed E-state index contributed by atoms with van der Waals surface area (Å²) >= 11 is 17.0. The SMILES string of the molecule is Cc1ccc(COc2ccc(Br)cc2/C=C2\SC(=Nc3ccc(Cl)cc3)N(c3ccc(Cl)cc3)C2=O)cc1. The van der Waals surface area contributed by atoms with E-state index in [-0.39, 0.29) is 5.91 Å². The lowest BCUT2D eigenvalue weighted by Crippen LogP contribution is -2.28. The first-order chi connectivity index (χ1) is 18.4. The van der Waals surface area contributed by atoms with Crippen molar-refractivity contribution in [3.05, 3.63) is 127 Å². The minimum absolute atomic E-state index is 0.186. The van der Waals surface area contributed by atoms with E-state index in [4.69, 9.17) is 32.9 Å². The number of aliphatic imine (C=N–C) groups is 1. The first kappa shape index (κ1) is 26.6. The predicted octanol–water partition coefficient (Wildman–Crippen LogP) is 9.45. The van der Waals surface area contributed by atoms with Crippen molar-refractivity contribution in [2.75, 3.05) is 4.90 Å². The van der Waals surface area contributed by atoms with Crippen molar-refractivity contribution in [2.24, 2.45) is 4.99 Å². The number of thioether (sulfide) groups is 1. The molecule has 1 amide bonds. The molecule has 0 bridgehead atoms. The Labute approximate surface area is 244 Å². The molecular weight excluding hydrogens is 603 g/mol. The Balaban J connectivity index is 1.50. The lowest BCUT2D eigenvalue weighted by molar-refractivity contribution is -0.113. The number of hydrogen-bond donors (Lipinski definition) is 0. The summed E-state index contributed by atoms with van der Waals surface area (Å²) in [5.74, 6) is 0.491. The molecule has 190 valence electrons. The lowest BCUT2D eigenvalue weighted by Gasteiger charge is -2.15. The molecule has 4 aromatic rings. The summed E-state index contributed by atoms with van der Waals surface area (Å²) in [6, 6.07) is 28.2. The van der Waals surface area contributed by atoms with Crippen molar-refractivity contribution in [3.8, 4) is 5.75 Å². The van der Waals surface area contributed by atoms with Crippen LogP contribution in [0.25, 0.3) is 6.08 Å². The third-order valence-electron chi connectivity index (χ3n) is 5.72. The maximum atomic E-state index is 13.7. The van der Waals surface area contributed by atoms with Gasteiger partial charge in [0, 0.05) is 20.1 Å². The number of amides is 1. The van der Waals surface area contributed by atoms with Gasteiger partial charge < -0.3 is 4.74 Å². The summed E-state index contributed by atoms with van der Waals surface area (Å²) in [7, 11) is 0. The highest BCUT2D eigenvalue weighted by Gasteiger charge is 2.35. The molecule has 0 aromatic heterocycles. The summed E-state index contributed by atoms with van der Waals surface area (Å²) < 4.78 is 7.05. The van der Waals surface area contributed by atoms with Gasteiger partial charge in [-0.1, -0.05) is 69.0 Å². The van der Waals surface area contributed by atoms with Crippen LogP contribution in [0.15, 0.2) is 105 Å². The molecule has 0 unspecified atom stereocenters. The zero-order valence-corrected chi connectivity index (χ0v) is 24.1. The summed E-state index contributed by atoms with van der Waals surface area (Å²) in [5, 5.41) is 1.74. The van der Waals surface area contributed by atoms with Crippen LogP contribution in [0.5, 0.6) is 5.75 Å². The number of nitrogens with zero attached hydrogens (tertiary/aromatic N) is 2. The topological polar surface area (TPSA) is 41.9 Å². The Bertz CT molecular complexity index is 1540. The molecule has 1 aliphatic heterocycles. The van der Waals surface area contributed by atoms with Crippen LogP contribution in [0.1, 0.15) is 16.7 Å². The van der Waals surface area contributed by atoms with Crippen LogP contribution in [0, 0.1) is 6.92 Å². The molecule has 0 spiro atoms. The van der Waals surface area contributed by atoms with Crippen LogP contribution < -0.4 is 9.64 Å². The maximum absolute atomic E-state index is 13.7. The quantitative estimate of drug-likeness (QED) is 0.201. The number of benzene rings is 4. The molecule has 0 N–H and O–H groups in total. The number of halogens is 3. The third-order valence-corrected chi connectivity index (χ3v) is 7.68. The summed E-state index contributed by atoms with van der Waals surface area (Å²) in [5.41, 5.74) is 4.41. The Morgan fingerprint density at radius 3 is 2.26 bits per heavy atom. The Hall–Kier alpha value is -3.03. The first-order valence-corrected chi connectivity index (χ1v) is 14.0. The minimum atomic E-state index is -0.186. The van der Waals surface area contributed by atoms with Crippen LogP contribution in [0.2, 0.25) is 10.0 Å². The summed E-state index contributed by atoms with van der Waals surface area (Å²) in [6.45, 7) is 2.47. The molecule has 5 rings (SSSR count). The number of amidine groups is 1. The summed E-state index contributed by atoms with van der Waals surface area (Å²) in [4.78, 5) is 20.6. The number of rotatable bonds is 6. The number of anilines is 1. The van der Waals surface area contributed by atoms with E-state index in [1.165, 1.54) is 17.3 Å². The molecule has 1 saturated heterocycles. The van der Waals surface area contributed by atoms with Gasteiger partial charge in [-0.25, -0.2) is 4.99 Å². The van der Waals surface area contributed by atoms with Crippen molar-refractivity contribution < 1.29 is 9.53 Å². The molecule has 0 saturated carbocycles. The van der Waals surface area contributed by atoms with Gasteiger partial charge in [-0.15, -0.1) is 0 Å². The van der Waals surface area contributed by atoms with Crippen molar-refractivity contribution in [1.29, 1.82) is 0 Å². The highest BCUT2D eigenvalue weighted by Crippen LogP contribution is 2.39. The number of aryl methyl sites for hydroxylation is 1. The van der Waals surface area contributed by atoms with E-state index in [0.29, 0.717) is 43.8 Å². The number of carbonyl (C=O) groups is 1. The average molecular weight is 624 g/mol. The van der Waals surface area contributed by atoms with Gasteiger partial charge in [0.25, 0.3) is 5.91 Å². The second-order valence-electron chi connectivity index (χ2n) is 8.55. The van der Waals surface area contributed by atoms with E-state index in [9.17, 15) is 4.79 Å². The molecule has 8 heteroatoms. The molecule has 0 radical (unpaired) electrons. The van der Waals surface area contributed by atoms with E-state index < -0.39 is 0 Å². The fraction of sp³-hybridized carbons (Fsp3) is 0.0667. The molecule has 38 heavy (non-hydrogen) atoms. The van der Waals surface area contributed by atoms with Gasteiger partial charge in [-0.2, -0.15) is 0 Å². The van der Waals surface area contributed by atoms with Gasteiger partial charge in [0.05, 0.1) is 16.3 Å². The molecule has 4 aromatic carbocycles. The molecule has 0 atom stereocenters. The van der Waals surface area contributed by atoms with Crippen molar-refractivity contribution in [2.45, 2.75) is 13.5 Å². The molecular formula is C30H21BrCl2N2O2S. The van der Waals surface area contributed by atoms with Crippen LogP contribution in [-0.4, -0.2) is 11.1 Å². The van der Waals surface area contributed by atoms with Crippen molar-refractivity contribution >= 4 is 79.4 Å². The zero-order chi connectivity index (χ0) is 26.6. The molecule has 1 fully saturated rings. The predicted molar refractivity (Wildman–Crippen MR) is 163 cm³/mol. The van der Waals surface area contributed by atoms with E-state index in [1.807, 2.05) is 48.5 Å². The highest BCUT2D eigenvalue weighted by molar-refractivity contribution is 9.10. The normalized spacial score (nSPS) is 15.5. The van der Waals surface area contributed by atoms with E-state index in [0.717, 1.165) is 15.6 Å². The maximum Gasteiger partial charge on any atom is 0.271 e.